The highest BCUT2D eigenvalue weighted by molar-refractivity contribution is 5.96. The first-order valence-electron chi connectivity index (χ1n) is 7.91. The van der Waals surface area contributed by atoms with Crippen LogP contribution in [0.1, 0.15) is 27.0 Å². The summed E-state index contributed by atoms with van der Waals surface area (Å²) in [5, 5.41) is 0. The van der Waals surface area contributed by atoms with Gasteiger partial charge in [0.25, 0.3) is 0 Å². The fourth-order valence-electron chi connectivity index (χ4n) is 3.33. The van der Waals surface area contributed by atoms with Gasteiger partial charge in [-0.25, -0.2) is 0 Å². The van der Waals surface area contributed by atoms with Crippen molar-refractivity contribution in [2.24, 2.45) is 0 Å². The van der Waals surface area contributed by atoms with Crippen molar-refractivity contribution >= 4 is 5.78 Å². The molecule has 0 unspecified atom stereocenters. The van der Waals surface area contributed by atoms with E-state index in [0.29, 0.717) is 6.54 Å². The number of rotatable bonds is 3. The zero-order valence-electron chi connectivity index (χ0n) is 13.5. The largest absolute Gasteiger partial charge is 1.00 e. The fourth-order valence-corrected chi connectivity index (χ4v) is 3.33. The number of carbonyl (C=O) groups excluding carboxylic acids is 1. The van der Waals surface area contributed by atoms with E-state index in [0.717, 1.165) is 17.5 Å². The van der Waals surface area contributed by atoms with E-state index in [1.807, 2.05) is 42.1 Å². The van der Waals surface area contributed by atoms with Crippen molar-refractivity contribution in [2.45, 2.75) is 19.9 Å². The van der Waals surface area contributed by atoms with Gasteiger partial charge in [0.2, 0.25) is 12.3 Å². The lowest BCUT2D eigenvalue weighted by molar-refractivity contribution is -0.683. The molecular formula is C21H18BrNO. The van der Waals surface area contributed by atoms with Crippen molar-refractivity contribution in [1.82, 2.24) is 0 Å². The molecule has 0 amide bonds. The summed E-state index contributed by atoms with van der Waals surface area (Å²) in [5.41, 5.74) is 7.12. The van der Waals surface area contributed by atoms with E-state index in [1.54, 1.807) is 0 Å². The first kappa shape index (κ1) is 16.6. The Labute approximate surface area is 152 Å². The number of fused-ring (bicyclic) bond motifs is 3. The van der Waals surface area contributed by atoms with Crippen LogP contribution in [0.3, 0.4) is 0 Å². The Morgan fingerprint density at radius 2 is 1.79 bits per heavy atom. The predicted molar refractivity (Wildman–Crippen MR) is 90.4 cm³/mol. The summed E-state index contributed by atoms with van der Waals surface area (Å²) in [6.07, 6.45) is 4.86. The summed E-state index contributed by atoms with van der Waals surface area (Å²) in [6, 6.07) is 18.6. The molecule has 0 spiro atoms. The molecule has 3 heteroatoms. The Morgan fingerprint density at radius 1 is 1.00 bits per heavy atom. The molecular weight excluding hydrogens is 362 g/mol. The van der Waals surface area contributed by atoms with Gasteiger partial charge in [-0.3, -0.25) is 4.79 Å². The molecule has 0 N–H and O–H groups in total. The number of nitrogens with zero attached hydrogens (tertiary/aromatic N) is 1. The molecule has 3 aromatic rings. The van der Waals surface area contributed by atoms with Crippen molar-refractivity contribution < 1.29 is 26.3 Å². The topological polar surface area (TPSA) is 20.9 Å². The van der Waals surface area contributed by atoms with E-state index >= 15 is 0 Å². The second kappa shape index (κ2) is 6.70. The summed E-state index contributed by atoms with van der Waals surface area (Å²) < 4.78 is 1.94. The smallest absolute Gasteiger partial charge is 0.227 e. The van der Waals surface area contributed by atoms with Crippen LogP contribution in [0, 0.1) is 6.92 Å². The van der Waals surface area contributed by atoms with Crippen LogP contribution < -0.4 is 21.5 Å². The molecule has 0 fully saturated rings. The predicted octanol–water partition coefficient (Wildman–Crippen LogP) is 0.741. The molecule has 24 heavy (non-hydrogen) atoms. The maximum Gasteiger partial charge on any atom is 0.227 e. The fraction of sp³-hybridized carbons (Fsp3) is 0.143. The standard InChI is InChI=1S/C21H18NO.BrH/c1-15-5-4-10-22(13-15)14-21(23)17-8-9-20-18(12-17)11-16-6-2-3-7-19(16)20;/h2-10,12-13H,11,14H2,1H3;1H/q+1;/p-1. The average molecular weight is 380 g/mol. The number of hydrogen-bond acceptors (Lipinski definition) is 1. The molecule has 2 aromatic carbocycles. The third-order valence-electron chi connectivity index (χ3n) is 4.45. The number of carbonyl (C=O) groups is 1. The number of ketones is 1. The first-order valence-corrected chi connectivity index (χ1v) is 7.91. The van der Waals surface area contributed by atoms with Crippen LogP contribution in [0.4, 0.5) is 0 Å². The molecule has 0 aliphatic heterocycles. The van der Waals surface area contributed by atoms with E-state index in [-0.39, 0.29) is 22.8 Å². The zero-order chi connectivity index (χ0) is 15.8. The van der Waals surface area contributed by atoms with Gasteiger partial charge < -0.3 is 17.0 Å². The van der Waals surface area contributed by atoms with Crippen molar-refractivity contribution in [3.05, 3.63) is 89.2 Å². The molecule has 0 saturated heterocycles. The Morgan fingerprint density at radius 3 is 2.62 bits per heavy atom. The number of aryl methyl sites for hydroxylation is 1. The van der Waals surface area contributed by atoms with Gasteiger partial charge in [0.05, 0.1) is 0 Å². The lowest BCUT2D eigenvalue weighted by Crippen LogP contribution is -3.00. The molecule has 1 aliphatic rings. The number of halogens is 1. The summed E-state index contributed by atoms with van der Waals surface area (Å²) >= 11 is 0. The quantitative estimate of drug-likeness (QED) is 0.380. The second-order valence-electron chi connectivity index (χ2n) is 6.18. The van der Waals surface area contributed by atoms with Crippen LogP contribution in [-0.4, -0.2) is 5.78 Å². The van der Waals surface area contributed by atoms with Gasteiger partial charge in [-0.1, -0.05) is 36.4 Å². The second-order valence-corrected chi connectivity index (χ2v) is 6.18. The van der Waals surface area contributed by atoms with Gasteiger partial charge in [0.1, 0.15) is 0 Å². The van der Waals surface area contributed by atoms with Gasteiger partial charge in [-0.05, 0) is 47.7 Å². The molecule has 1 aliphatic carbocycles. The molecule has 0 radical (unpaired) electrons. The van der Waals surface area contributed by atoms with Crippen molar-refractivity contribution in [3.8, 4) is 11.1 Å². The third-order valence-corrected chi connectivity index (χ3v) is 4.45. The summed E-state index contributed by atoms with van der Waals surface area (Å²) in [5.74, 6) is 0.152. The van der Waals surface area contributed by atoms with Gasteiger partial charge in [-0.2, -0.15) is 4.57 Å². The van der Waals surface area contributed by atoms with Crippen molar-refractivity contribution in [1.29, 1.82) is 0 Å². The van der Waals surface area contributed by atoms with Gasteiger partial charge >= 0.3 is 0 Å². The molecule has 4 rings (SSSR count). The normalized spacial score (nSPS) is 11.4. The lowest BCUT2D eigenvalue weighted by atomic mass is 10.0. The first-order chi connectivity index (χ1) is 11.2. The van der Waals surface area contributed by atoms with E-state index in [9.17, 15) is 4.79 Å². The Kier molecular flexibility index (Phi) is 4.63. The van der Waals surface area contributed by atoms with E-state index in [1.165, 1.54) is 22.3 Å². The van der Waals surface area contributed by atoms with Crippen LogP contribution in [0.2, 0.25) is 0 Å². The van der Waals surface area contributed by atoms with Gasteiger partial charge in [0.15, 0.2) is 12.4 Å². The molecule has 120 valence electrons. The van der Waals surface area contributed by atoms with Crippen molar-refractivity contribution in [2.75, 3.05) is 0 Å². The monoisotopic (exact) mass is 379 g/mol. The summed E-state index contributed by atoms with van der Waals surface area (Å²) in [6.45, 7) is 2.42. The van der Waals surface area contributed by atoms with Crippen molar-refractivity contribution in [3.63, 3.8) is 0 Å². The Bertz CT molecular complexity index is 917. The third kappa shape index (κ3) is 3.04. The number of benzene rings is 2. The minimum Gasteiger partial charge on any atom is -1.00 e. The van der Waals surface area contributed by atoms with Crippen LogP contribution in [0.5, 0.6) is 0 Å². The van der Waals surface area contributed by atoms with Gasteiger partial charge in [-0.15, -0.1) is 0 Å². The van der Waals surface area contributed by atoms with Crippen LogP contribution in [-0.2, 0) is 13.0 Å². The molecule has 0 saturated carbocycles. The van der Waals surface area contributed by atoms with E-state index in [4.69, 9.17) is 0 Å². The Balaban J connectivity index is 0.00000169. The molecule has 1 aromatic heterocycles. The minimum absolute atomic E-state index is 0. The summed E-state index contributed by atoms with van der Waals surface area (Å²) in [7, 11) is 0. The van der Waals surface area contributed by atoms with E-state index < -0.39 is 0 Å². The summed E-state index contributed by atoms with van der Waals surface area (Å²) in [4.78, 5) is 12.6. The minimum atomic E-state index is 0. The highest BCUT2D eigenvalue weighted by Crippen LogP contribution is 2.36. The number of aromatic nitrogens is 1. The van der Waals surface area contributed by atoms with Crippen LogP contribution >= 0.6 is 0 Å². The molecule has 2 nitrogen and oxygen atoms in total. The van der Waals surface area contributed by atoms with Gasteiger partial charge in [0, 0.05) is 17.2 Å². The highest BCUT2D eigenvalue weighted by atomic mass is 79.9. The van der Waals surface area contributed by atoms with Crippen LogP contribution in [0.25, 0.3) is 11.1 Å². The molecule has 1 heterocycles. The maximum atomic E-state index is 12.6. The van der Waals surface area contributed by atoms with Crippen LogP contribution in [0.15, 0.2) is 67.0 Å². The highest BCUT2D eigenvalue weighted by Gasteiger charge is 2.20. The average Bonchev–Trinajstić information content (AvgIpc) is 2.92. The van der Waals surface area contributed by atoms with E-state index in [2.05, 4.69) is 36.4 Å². The zero-order valence-corrected chi connectivity index (χ0v) is 15.1. The molecule has 0 atom stereocenters. The Hall–Kier alpha value is -2.26. The number of hydrogen-bond donors (Lipinski definition) is 0. The number of Topliss-reactive ketones (excluding diaryl/α,β-unsaturated/α-hetero) is 1. The lowest BCUT2D eigenvalue weighted by Gasteiger charge is -2.04. The maximum absolute atomic E-state index is 12.6. The molecule has 0 bridgehead atoms. The SMILES string of the molecule is Cc1ccc[n+](CC(=O)c2ccc3c(c2)Cc2ccccc2-3)c1.[Br-]. The number of pyridine rings is 1.